The minimum atomic E-state index is 0.213. The molecule has 1 fully saturated rings. The average molecular weight is 327 g/mol. The fourth-order valence-electron chi connectivity index (χ4n) is 3.43. The van der Waals surface area contributed by atoms with Crippen LogP contribution in [-0.2, 0) is 11.3 Å². The predicted octanol–water partition coefficient (Wildman–Crippen LogP) is 3.13. The highest BCUT2D eigenvalue weighted by Gasteiger charge is 2.35. The molecule has 1 unspecified atom stereocenters. The molecule has 3 heterocycles. The van der Waals surface area contributed by atoms with Crippen molar-refractivity contribution in [3.05, 3.63) is 48.2 Å². The van der Waals surface area contributed by atoms with E-state index in [0.717, 1.165) is 47.8 Å². The quantitative estimate of drug-likeness (QED) is 0.780. The normalized spacial score (nSPS) is 21.6. The van der Waals surface area contributed by atoms with Crippen LogP contribution in [-0.4, -0.2) is 41.7 Å². The van der Waals surface area contributed by atoms with E-state index in [2.05, 4.69) is 20.9 Å². The standard InChI is InChI=1S/C18H21N3O3/c1-22-13-3-4-17-12(7-13)8-15(24-17)11-21-10-14(23-2)9-16(21)18-19-5-6-20-18/h3-8,14,16H,9-11H2,1-2H3,(H,19,20)/t14-,16?/m1/s1. The summed E-state index contributed by atoms with van der Waals surface area (Å²) in [6.07, 6.45) is 4.80. The molecule has 6 heteroatoms. The highest BCUT2D eigenvalue weighted by molar-refractivity contribution is 5.79. The number of aromatic amines is 1. The van der Waals surface area contributed by atoms with E-state index in [0.29, 0.717) is 0 Å². The molecule has 0 spiro atoms. The fraction of sp³-hybridized carbons (Fsp3) is 0.389. The van der Waals surface area contributed by atoms with Gasteiger partial charge in [-0.05, 0) is 30.7 Å². The van der Waals surface area contributed by atoms with Crippen LogP contribution in [0.1, 0.15) is 24.0 Å². The molecule has 0 aliphatic carbocycles. The van der Waals surface area contributed by atoms with Crippen LogP contribution < -0.4 is 4.74 Å². The van der Waals surface area contributed by atoms with E-state index >= 15 is 0 Å². The summed E-state index contributed by atoms with van der Waals surface area (Å²) in [5.41, 5.74) is 0.878. The Kier molecular flexibility index (Phi) is 4.00. The van der Waals surface area contributed by atoms with Crippen molar-refractivity contribution < 1.29 is 13.9 Å². The van der Waals surface area contributed by atoms with Crippen LogP contribution in [0.2, 0.25) is 0 Å². The summed E-state index contributed by atoms with van der Waals surface area (Å²) in [6, 6.07) is 8.15. The maximum atomic E-state index is 6.00. The first-order chi connectivity index (χ1) is 11.8. The summed E-state index contributed by atoms with van der Waals surface area (Å²) in [5.74, 6) is 2.75. The summed E-state index contributed by atoms with van der Waals surface area (Å²) < 4.78 is 16.8. The van der Waals surface area contributed by atoms with Crippen LogP contribution in [0.4, 0.5) is 0 Å². The van der Waals surface area contributed by atoms with Gasteiger partial charge in [0.25, 0.3) is 0 Å². The molecule has 1 N–H and O–H groups in total. The van der Waals surface area contributed by atoms with E-state index in [9.17, 15) is 0 Å². The lowest BCUT2D eigenvalue weighted by molar-refractivity contribution is 0.106. The van der Waals surface area contributed by atoms with Gasteiger partial charge in [0, 0.05) is 31.4 Å². The summed E-state index contributed by atoms with van der Waals surface area (Å²) in [7, 11) is 3.44. The molecule has 6 nitrogen and oxygen atoms in total. The van der Waals surface area contributed by atoms with E-state index in [4.69, 9.17) is 13.9 Å². The molecule has 4 rings (SSSR count). The second-order valence-corrected chi connectivity index (χ2v) is 6.13. The summed E-state index contributed by atoms with van der Waals surface area (Å²) in [4.78, 5) is 10.00. The van der Waals surface area contributed by atoms with Crippen LogP contribution in [0.25, 0.3) is 11.0 Å². The van der Waals surface area contributed by atoms with Crippen molar-refractivity contribution in [3.8, 4) is 5.75 Å². The number of hydrogen-bond donors (Lipinski definition) is 1. The zero-order valence-corrected chi connectivity index (χ0v) is 13.9. The molecule has 2 atom stereocenters. The van der Waals surface area contributed by atoms with Crippen molar-refractivity contribution in [2.75, 3.05) is 20.8 Å². The maximum Gasteiger partial charge on any atom is 0.134 e. The number of nitrogens with zero attached hydrogens (tertiary/aromatic N) is 2. The van der Waals surface area contributed by atoms with Crippen molar-refractivity contribution in [1.82, 2.24) is 14.9 Å². The van der Waals surface area contributed by atoms with Gasteiger partial charge in [0.15, 0.2) is 0 Å². The number of imidazole rings is 1. The van der Waals surface area contributed by atoms with Crippen LogP contribution in [0, 0.1) is 0 Å². The van der Waals surface area contributed by atoms with E-state index in [1.54, 1.807) is 20.4 Å². The van der Waals surface area contributed by atoms with Gasteiger partial charge in [-0.1, -0.05) is 0 Å². The molecule has 24 heavy (non-hydrogen) atoms. The molecule has 1 aliphatic heterocycles. The Morgan fingerprint density at radius 1 is 1.33 bits per heavy atom. The van der Waals surface area contributed by atoms with Crippen molar-refractivity contribution in [1.29, 1.82) is 0 Å². The zero-order chi connectivity index (χ0) is 16.5. The monoisotopic (exact) mass is 327 g/mol. The Labute approximate surface area is 140 Å². The summed E-state index contributed by atoms with van der Waals surface area (Å²) in [5, 5.41) is 1.06. The van der Waals surface area contributed by atoms with Gasteiger partial charge in [-0.25, -0.2) is 4.98 Å². The number of methoxy groups -OCH3 is 2. The smallest absolute Gasteiger partial charge is 0.134 e. The fourth-order valence-corrected chi connectivity index (χ4v) is 3.43. The number of aromatic nitrogens is 2. The zero-order valence-electron chi connectivity index (χ0n) is 13.9. The lowest BCUT2D eigenvalue weighted by Crippen LogP contribution is -2.25. The van der Waals surface area contributed by atoms with Gasteiger partial charge in [-0.15, -0.1) is 0 Å². The molecule has 1 aliphatic rings. The molecular formula is C18H21N3O3. The third kappa shape index (κ3) is 2.79. The number of H-pyrrole nitrogens is 1. The van der Waals surface area contributed by atoms with Gasteiger partial charge in [0.1, 0.15) is 22.9 Å². The van der Waals surface area contributed by atoms with E-state index in [1.165, 1.54) is 0 Å². The molecule has 0 amide bonds. The summed E-state index contributed by atoms with van der Waals surface area (Å²) in [6.45, 7) is 1.59. The third-order valence-electron chi connectivity index (χ3n) is 4.67. The van der Waals surface area contributed by atoms with Crippen LogP contribution >= 0.6 is 0 Å². The van der Waals surface area contributed by atoms with Crippen molar-refractivity contribution in [3.63, 3.8) is 0 Å². The third-order valence-corrected chi connectivity index (χ3v) is 4.67. The molecular weight excluding hydrogens is 306 g/mol. The molecule has 126 valence electrons. The minimum Gasteiger partial charge on any atom is -0.497 e. The SMILES string of the molecule is COc1ccc2oc(CN3C[C@H](OC)CC3c3ncc[nH]3)cc2c1. The number of hydrogen-bond acceptors (Lipinski definition) is 5. The van der Waals surface area contributed by atoms with Gasteiger partial charge >= 0.3 is 0 Å². The highest BCUT2D eigenvalue weighted by atomic mass is 16.5. The first-order valence-electron chi connectivity index (χ1n) is 8.09. The Morgan fingerprint density at radius 2 is 2.25 bits per heavy atom. The lowest BCUT2D eigenvalue weighted by Gasteiger charge is -2.21. The number of nitrogens with one attached hydrogen (secondary N) is 1. The van der Waals surface area contributed by atoms with Gasteiger partial charge in [-0.3, -0.25) is 4.90 Å². The van der Waals surface area contributed by atoms with Crippen molar-refractivity contribution >= 4 is 11.0 Å². The van der Waals surface area contributed by atoms with E-state index in [1.807, 2.05) is 24.4 Å². The average Bonchev–Trinajstić information content (AvgIpc) is 3.32. The summed E-state index contributed by atoms with van der Waals surface area (Å²) >= 11 is 0. The molecule has 1 aromatic carbocycles. The van der Waals surface area contributed by atoms with Crippen LogP contribution in [0.15, 0.2) is 41.1 Å². The van der Waals surface area contributed by atoms with Gasteiger partial charge < -0.3 is 18.9 Å². The van der Waals surface area contributed by atoms with Gasteiger partial charge in [0.05, 0.1) is 25.8 Å². The molecule has 0 radical (unpaired) electrons. The highest BCUT2D eigenvalue weighted by Crippen LogP contribution is 2.34. The largest absolute Gasteiger partial charge is 0.497 e. The molecule has 3 aromatic rings. The van der Waals surface area contributed by atoms with E-state index in [-0.39, 0.29) is 12.1 Å². The van der Waals surface area contributed by atoms with Gasteiger partial charge in [-0.2, -0.15) is 0 Å². The van der Waals surface area contributed by atoms with Crippen molar-refractivity contribution in [2.24, 2.45) is 0 Å². The lowest BCUT2D eigenvalue weighted by atomic mass is 10.2. The molecule has 1 saturated heterocycles. The first-order valence-corrected chi connectivity index (χ1v) is 8.09. The number of fused-ring (bicyclic) bond motifs is 1. The Hall–Kier alpha value is -2.31. The topological polar surface area (TPSA) is 63.5 Å². The minimum absolute atomic E-state index is 0.213. The second-order valence-electron chi connectivity index (χ2n) is 6.13. The van der Waals surface area contributed by atoms with Crippen LogP contribution in [0.5, 0.6) is 5.75 Å². The van der Waals surface area contributed by atoms with E-state index < -0.39 is 0 Å². The number of furan rings is 1. The molecule has 0 bridgehead atoms. The number of rotatable bonds is 5. The number of likely N-dealkylation sites (tertiary alicyclic amines) is 1. The second kappa shape index (κ2) is 6.30. The van der Waals surface area contributed by atoms with Gasteiger partial charge in [0.2, 0.25) is 0 Å². The maximum absolute atomic E-state index is 6.00. The van der Waals surface area contributed by atoms with Crippen LogP contribution in [0.3, 0.4) is 0 Å². The predicted molar refractivity (Wildman–Crippen MR) is 89.9 cm³/mol. The Bertz CT molecular complexity index is 812. The Morgan fingerprint density at radius 3 is 3.00 bits per heavy atom. The first kappa shape index (κ1) is 15.2. The molecule has 0 saturated carbocycles. The number of benzene rings is 1. The number of ether oxygens (including phenoxy) is 2. The molecule has 2 aromatic heterocycles. The van der Waals surface area contributed by atoms with Crippen molar-refractivity contribution in [2.45, 2.75) is 25.1 Å². The Balaban J connectivity index is 1.58.